The molecule has 1 aliphatic rings. The lowest BCUT2D eigenvalue weighted by molar-refractivity contribution is -0.142. The van der Waals surface area contributed by atoms with E-state index in [4.69, 9.17) is 0 Å². The molecule has 4 heteroatoms. The minimum Gasteiger partial charge on any atom is -0.481 e. The Morgan fingerprint density at radius 2 is 2.22 bits per heavy atom. The maximum atomic E-state index is 13.2. The first-order chi connectivity index (χ1) is 8.41. The maximum absolute atomic E-state index is 13.2. The number of carboxylic acid groups (broad SMARTS) is 1. The van der Waals surface area contributed by atoms with Gasteiger partial charge in [-0.2, -0.15) is 0 Å². The van der Waals surface area contributed by atoms with Gasteiger partial charge in [0.1, 0.15) is 0 Å². The molecule has 0 amide bonds. The number of alkyl halides is 2. The van der Waals surface area contributed by atoms with Crippen molar-refractivity contribution in [3.05, 3.63) is 36.5 Å². The van der Waals surface area contributed by atoms with Crippen molar-refractivity contribution in [2.45, 2.75) is 32.1 Å². The van der Waals surface area contributed by atoms with Gasteiger partial charge in [0, 0.05) is 12.8 Å². The molecule has 1 N–H and O–H groups in total. The average molecular weight is 256 g/mol. The summed E-state index contributed by atoms with van der Waals surface area (Å²) >= 11 is 0. The minimum atomic E-state index is -2.73. The first-order valence-corrected chi connectivity index (χ1v) is 5.97. The Morgan fingerprint density at radius 3 is 2.61 bits per heavy atom. The fraction of sp³-hybridized carbons (Fsp3) is 0.500. The van der Waals surface area contributed by atoms with Gasteiger partial charge in [0.25, 0.3) is 0 Å². The van der Waals surface area contributed by atoms with Crippen molar-refractivity contribution in [1.29, 1.82) is 0 Å². The molecule has 0 saturated heterocycles. The molecule has 0 aromatic heterocycles. The number of rotatable bonds is 5. The Balaban J connectivity index is 2.96. The molecule has 18 heavy (non-hydrogen) atoms. The number of allylic oxidation sites excluding steroid dienone is 4. The van der Waals surface area contributed by atoms with Gasteiger partial charge in [-0.15, -0.1) is 0 Å². The third-order valence-electron chi connectivity index (χ3n) is 3.26. The first-order valence-electron chi connectivity index (χ1n) is 5.97. The lowest BCUT2D eigenvalue weighted by Gasteiger charge is -2.20. The van der Waals surface area contributed by atoms with Gasteiger partial charge in [-0.3, -0.25) is 4.79 Å². The van der Waals surface area contributed by atoms with Gasteiger partial charge in [-0.1, -0.05) is 30.9 Å². The highest BCUT2D eigenvalue weighted by Gasteiger charge is 2.45. The van der Waals surface area contributed by atoms with Crippen molar-refractivity contribution in [3.63, 3.8) is 0 Å². The molecule has 1 fully saturated rings. The van der Waals surface area contributed by atoms with Crippen molar-refractivity contribution in [3.8, 4) is 0 Å². The van der Waals surface area contributed by atoms with E-state index >= 15 is 0 Å². The number of carboxylic acids is 1. The van der Waals surface area contributed by atoms with Crippen LogP contribution in [0.4, 0.5) is 8.78 Å². The van der Waals surface area contributed by atoms with Gasteiger partial charge >= 0.3 is 5.97 Å². The molecule has 2 nitrogen and oxygen atoms in total. The van der Waals surface area contributed by atoms with Crippen molar-refractivity contribution in [2.75, 3.05) is 0 Å². The predicted octanol–water partition coefficient (Wildman–Crippen LogP) is 3.81. The summed E-state index contributed by atoms with van der Waals surface area (Å²) in [6.45, 7) is 5.37. The van der Waals surface area contributed by atoms with Gasteiger partial charge in [0.05, 0.1) is 5.92 Å². The molecule has 1 saturated carbocycles. The second kappa shape index (κ2) is 5.94. The van der Waals surface area contributed by atoms with Gasteiger partial charge in [-0.05, 0) is 24.8 Å². The molecule has 0 aromatic rings. The molecule has 0 radical (unpaired) electrons. The van der Waals surface area contributed by atoms with E-state index in [9.17, 15) is 18.7 Å². The Bertz CT molecular complexity index is 383. The van der Waals surface area contributed by atoms with E-state index in [0.717, 1.165) is 0 Å². The molecule has 2 atom stereocenters. The van der Waals surface area contributed by atoms with E-state index < -0.39 is 23.7 Å². The second-order valence-corrected chi connectivity index (χ2v) is 4.57. The minimum absolute atomic E-state index is 0.227. The molecule has 1 aliphatic carbocycles. The van der Waals surface area contributed by atoms with Crippen molar-refractivity contribution < 1.29 is 18.7 Å². The van der Waals surface area contributed by atoms with Crippen LogP contribution in [0.1, 0.15) is 26.2 Å². The highest BCUT2D eigenvalue weighted by Crippen LogP contribution is 2.44. The molecule has 0 bridgehead atoms. The van der Waals surface area contributed by atoms with Crippen LogP contribution in [-0.2, 0) is 4.79 Å². The molecule has 2 unspecified atom stereocenters. The lowest BCUT2D eigenvalue weighted by atomic mass is 9.84. The number of hydrogen-bond donors (Lipinski definition) is 1. The standard InChI is InChI=1S/C14H18F2O2/c1-3-5-6-10(4-2)12(13(17)18)11-7-8-14(15,16)9-11/h3-6,11-12H,2,7-9H2,1H3,(H,17,18)/b5-3-,10-6+. The summed E-state index contributed by atoms with van der Waals surface area (Å²) in [5, 5.41) is 9.25. The van der Waals surface area contributed by atoms with Crippen LogP contribution in [0.2, 0.25) is 0 Å². The summed E-state index contributed by atoms with van der Waals surface area (Å²) in [4.78, 5) is 11.3. The summed E-state index contributed by atoms with van der Waals surface area (Å²) < 4.78 is 26.4. The maximum Gasteiger partial charge on any atom is 0.311 e. The van der Waals surface area contributed by atoms with Crippen LogP contribution in [0.5, 0.6) is 0 Å². The fourth-order valence-corrected chi connectivity index (χ4v) is 2.39. The zero-order valence-electron chi connectivity index (χ0n) is 10.4. The molecule has 1 rings (SSSR count). The van der Waals surface area contributed by atoms with Crippen molar-refractivity contribution in [2.24, 2.45) is 11.8 Å². The third kappa shape index (κ3) is 3.52. The van der Waals surface area contributed by atoms with E-state index in [2.05, 4.69) is 6.58 Å². The SMILES string of the molecule is C=C/C(=C\C=C/C)C(C(=O)O)C1CCC(F)(F)C1. The Labute approximate surface area is 106 Å². The van der Waals surface area contributed by atoms with Crippen LogP contribution in [0, 0.1) is 11.8 Å². The van der Waals surface area contributed by atoms with Crippen LogP contribution >= 0.6 is 0 Å². The van der Waals surface area contributed by atoms with E-state index in [0.29, 0.717) is 5.57 Å². The highest BCUT2D eigenvalue weighted by atomic mass is 19.3. The van der Waals surface area contributed by atoms with E-state index in [1.54, 1.807) is 25.2 Å². The van der Waals surface area contributed by atoms with Gasteiger partial charge in [0.15, 0.2) is 0 Å². The van der Waals surface area contributed by atoms with Crippen molar-refractivity contribution in [1.82, 2.24) is 0 Å². The second-order valence-electron chi connectivity index (χ2n) is 4.57. The average Bonchev–Trinajstić information content (AvgIpc) is 2.63. The monoisotopic (exact) mass is 256 g/mol. The fourth-order valence-electron chi connectivity index (χ4n) is 2.39. The molecular weight excluding hydrogens is 238 g/mol. The molecular formula is C14H18F2O2. The summed E-state index contributed by atoms with van der Waals surface area (Å²) in [5.41, 5.74) is 0.489. The van der Waals surface area contributed by atoms with E-state index in [-0.39, 0.29) is 19.3 Å². The molecule has 100 valence electrons. The number of carbonyl (C=O) groups is 1. The van der Waals surface area contributed by atoms with Crippen LogP contribution < -0.4 is 0 Å². The lowest BCUT2D eigenvalue weighted by Crippen LogP contribution is -2.24. The summed E-state index contributed by atoms with van der Waals surface area (Å²) in [6, 6.07) is 0. The third-order valence-corrected chi connectivity index (χ3v) is 3.26. The Hall–Kier alpha value is -1.45. The van der Waals surface area contributed by atoms with Crippen LogP contribution in [0.25, 0.3) is 0 Å². The van der Waals surface area contributed by atoms with Crippen LogP contribution in [0.15, 0.2) is 36.5 Å². The smallest absolute Gasteiger partial charge is 0.311 e. The number of aliphatic carboxylic acids is 1. The number of hydrogen-bond acceptors (Lipinski definition) is 1. The zero-order chi connectivity index (χ0) is 13.8. The normalized spacial score (nSPS) is 25.3. The molecule has 0 aromatic carbocycles. The first kappa shape index (κ1) is 14.6. The van der Waals surface area contributed by atoms with Gasteiger partial charge in [-0.25, -0.2) is 8.78 Å². The van der Waals surface area contributed by atoms with Crippen LogP contribution in [0.3, 0.4) is 0 Å². The summed E-state index contributed by atoms with van der Waals surface area (Å²) in [6.07, 6.45) is 6.18. The molecule has 0 aliphatic heterocycles. The summed E-state index contributed by atoms with van der Waals surface area (Å²) in [5.74, 6) is -5.21. The topological polar surface area (TPSA) is 37.3 Å². The zero-order valence-corrected chi connectivity index (χ0v) is 10.4. The Morgan fingerprint density at radius 1 is 1.56 bits per heavy atom. The molecule has 0 spiro atoms. The van der Waals surface area contributed by atoms with E-state index in [1.165, 1.54) is 6.08 Å². The number of halogens is 2. The highest BCUT2D eigenvalue weighted by molar-refractivity contribution is 5.75. The molecule has 0 heterocycles. The van der Waals surface area contributed by atoms with Gasteiger partial charge in [0.2, 0.25) is 5.92 Å². The van der Waals surface area contributed by atoms with Gasteiger partial charge < -0.3 is 5.11 Å². The quantitative estimate of drug-likeness (QED) is 0.759. The van der Waals surface area contributed by atoms with Crippen molar-refractivity contribution >= 4 is 5.97 Å². The van der Waals surface area contributed by atoms with E-state index in [1.807, 2.05) is 0 Å². The predicted molar refractivity (Wildman–Crippen MR) is 66.5 cm³/mol. The van der Waals surface area contributed by atoms with Crippen LogP contribution in [-0.4, -0.2) is 17.0 Å². The summed E-state index contributed by atoms with van der Waals surface area (Å²) in [7, 11) is 0. The Kier molecular flexibility index (Phi) is 4.82. The largest absolute Gasteiger partial charge is 0.481 e.